The lowest BCUT2D eigenvalue weighted by molar-refractivity contribution is 0.407. The van der Waals surface area contributed by atoms with Crippen molar-refractivity contribution in [3.63, 3.8) is 0 Å². The number of imidazole rings is 1. The largest absolute Gasteiger partial charge is 0.496 e. The molecule has 2 aromatic carbocycles. The Balaban J connectivity index is 1.55. The van der Waals surface area contributed by atoms with Gasteiger partial charge in [-0.25, -0.2) is 9.97 Å². The molecule has 0 bridgehead atoms. The fourth-order valence-electron chi connectivity index (χ4n) is 3.41. The second kappa shape index (κ2) is 8.32. The highest BCUT2D eigenvalue weighted by atomic mass is 32.1. The standard InChI is InChI=1S/C24H26N4OS/c1-15(2)20-11-21(16(3)10-23(20)29-5)26-24-27-22(13-30-24)18-6-8-19(9-7-18)28-12-17(4)25-14-28/h6-15H,1-5H3,(H,26,27). The van der Waals surface area contributed by atoms with Crippen LogP contribution in [0.3, 0.4) is 0 Å². The van der Waals surface area contributed by atoms with Gasteiger partial charge in [-0.2, -0.15) is 0 Å². The number of nitrogens with one attached hydrogen (secondary N) is 1. The second-order valence-electron chi connectivity index (χ2n) is 7.70. The molecule has 0 spiro atoms. The smallest absolute Gasteiger partial charge is 0.187 e. The van der Waals surface area contributed by atoms with Crippen LogP contribution in [0.1, 0.15) is 36.6 Å². The molecule has 0 atom stereocenters. The van der Waals surface area contributed by atoms with Crippen molar-refractivity contribution < 1.29 is 4.74 Å². The van der Waals surface area contributed by atoms with Crippen molar-refractivity contribution in [2.24, 2.45) is 0 Å². The highest BCUT2D eigenvalue weighted by molar-refractivity contribution is 7.14. The average Bonchev–Trinajstić information content (AvgIpc) is 3.38. The number of nitrogens with zero attached hydrogens (tertiary/aromatic N) is 3. The van der Waals surface area contributed by atoms with Crippen LogP contribution < -0.4 is 10.1 Å². The molecule has 5 nitrogen and oxygen atoms in total. The Bertz CT molecular complexity index is 1160. The minimum atomic E-state index is 0.380. The number of aryl methyl sites for hydroxylation is 2. The number of aromatic nitrogens is 3. The molecule has 30 heavy (non-hydrogen) atoms. The zero-order valence-corrected chi connectivity index (χ0v) is 18.7. The summed E-state index contributed by atoms with van der Waals surface area (Å²) in [5.74, 6) is 1.31. The van der Waals surface area contributed by atoms with Gasteiger partial charge in [-0.3, -0.25) is 0 Å². The minimum Gasteiger partial charge on any atom is -0.496 e. The van der Waals surface area contributed by atoms with Crippen LogP contribution in [0.5, 0.6) is 5.75 Å². The van der Waals surface area contributed by atoms with Crippen LogP contribution in [0.4, 0.5) is 10.8 Å². The van der Waals surface area contributed by atoms with Gasteiger partial charge in [0.05, 0.1) is 24.8 Å². The monoisotopic (exact) mass is 418 g/mol. The van der Waals surface area contributed by atoms with Gasteiger partial charge in [-0.05, 0) is 55.2 Å². The topological polar surface area (TPSA) is 52.0 Å². The molecule has 0 radical (unpaired) electrons. The molecule has 0 aliphatic heterocycles. The van der Waals surface area contributed by atoms with Gasteiger partial charge in [-0.15, -0.1) is 11.3 Å². The number of thiazole rings is 1. The molecule has 0 aliphatic carbocycles. The van der Waals surface area contributed by atoms with Crippen molar-refractivity contribution in [2.45, 2.75) is 33.6 Å². The van der Waals surface area contributed by atoms with E-state index in [0.717, 1.165) is 44.8 Å². The first-order chi connectivity index (χ1) is 14.4. The van der Waals surface area contributed by atoms with Gasteiger partial charge in [0, 0.05) is 28.5 Å². The van der Waals surface area contributed by atoms with E-state index >= 15 is 0 Å². The summed E-state index contributed by atoms with van der Waals surface area (Å²) in [4.78, 5) is 9.09. The number of hydrogen-bond acceptors (Lipinski definition) is 5. The van der Waals surface area contributed by atoms with E-state index in [-0.39, 0.29) is 0 Å². The first-order valence-corrected chi connectivity index (χ1v) is 10.8. The number of methoxy groups -OCH3 is 1. The Morgan fingerprint density at radius 1 is 1.10 bits per heavy atom. The Kier molecular flexibility index (Phi) is 5.59. The van der Waals surface area contributed by atoms with Gasteiger partial charge in [-0.1, -0.05) is 26.0 Å². The van der Waals surface area contributed by atoms with Crippen molar-refractivity contribution in [1.82, 2.24) is 14.5 Å². The number of ether oxygens (including phenoxy) is 1. The third-order valence-electron chi connectivity index (χ3n) is 5.12. The summed E-state index contributed by atoms with van der Waals surface area (Å²) in [6, 6.07) is 12.6. The van der Waals surface area contributed by atoms with E-state index in [4.69, 9.17) is 9.72 Å². The predicted octanol–water partition coefficient (Wildman–Crippen LogP) is 6.49. The molecule has 2 aromatic heterocycles. The van der Waals surface area contributed by atoms with Crippen LogP contribution in [0.25, 0.3) is 16.9 Å². The third kappa shape index (κ3) is 4.09. The van der Waals surface area contributed by atoms with Crippen LogP contribution in [-0.4, -0.2) is 21.6 Å². The highest BCUT2D eigenvalue weighted by Gasteiger charge is 2.13. The molecule has 4 rings (SSSR count). The van der Waals surface area contributed by atoms with Gasteiger partial charge in [0.2, 0.25) is 0 Å². The molecule has 0 fully saturated rings. The molecule has 6 heteroatoms. The van der Waals surface area contributed by atoms with Crippen molar-refractivity contribution >= 4 is 22.2 Å². The predicted molar refractivity (Wildman–Crippen MR) is 125 cm³/mol. The second-order valence-corrected chi connectivity index (χ2v) is 8.55. The van der Waals surface area contributed by atoms with Gasteiger partial charge in [0.25, 0.3) is 0 Å². The number of anilines is 2. The summed E-state index contributed by atoms with van der Waals surface area (Å²) < 4.78 is 7.57. The first kappa shape index (κ1) is 20.2. The normalized spacial score (nSPS) is 11.1. The third-order valence-corrected chi connectivity index (χ3v) is 5.88. The fourth-order valence-corrected chi connectivity index (χ4v) is 4.14. The maximum Gasteiger partial charge on any atom is 0.187 e. The molecule has 0 saturated carbocycles. The van der Waals surface area contributed by atoms with E-state index in [9.17, 15) is 0 Å². The summed E-state index contributed by atoms with van der Waals surface area (Å²) in [5.41, 5.74) is 7.53. The van der Waals surface area contributed by atoms with E-state index in [1.165, 1.54) is 5.56 Å². The van der Waals surface area contributed by atoms with Crippen LogP contribution in [0, 0.1) is 13.8 Å². The van der Waals surface area contributed by atoms with Crippen molar-refractivity contribution in [3.8, 4) is 22.7 Å². The molecule has 154 valence electrons. The summed E-state index contributed by atoms with van der Waals surface area (Å²) in [5, 5.41) is 6.45. The summed E-state index contributed by atoms with van der Waals surface area (Å²) in [6.45, 7) is 8.42. The van der Waals surface area contributed by atoms with Crippen LogP contribution in [0.2, 0.25) is 0 Å². The van der Waals surface area contributed by atoms with Crippen LogP contribution in [-0.2, 0) is 0 Å². The molecule has 0 saturated heterocycles. The zero-order valence-electron chi connectivity index (χ0n) is 17.9. The van der Waals surface area contributed by atoms with E-state index < -0.39 is 0 Å². The molecule has 0 amide bonds. The van der Waals surface area contributed by atoms with Crippen LogP contribution in [0.15, 0.2) is 54.3 Å². The summed E-state index contributed by atoms with van der Waals surface area (Å²) in [6.07, 6.45) is 3.85. The van der Waals surface area contributed by atoms with E-state index in [1.807, 2.05) is 24.0 Å². The number of rotatable bonds is 6. The lowest BCUT2D eigenvalue weighted by Gasteiger charge is -2.16. The quantitative estimate of drug-likeness (QED) is 0.389. The molecule has 0 aliphatic rings. The Morgan fingerprint density at radius 3 is 2.50 bits per heavy atom. The fraction of sp³-hybridized carbons (Fsp3) is 0.250. The van der Waals surface area contributed by atoms with Gasteiger partial charge < -0.3 is 14.6 Å². The minimum absolute atomic E-state index is 0.380. The maximum absolute atomic E-state index is 5.55. The maximum atomic E-state index is 5.55. The molecule has 2 heterocycles. The Hall–Kier alpha value is -3.12. The molecule has 0 unspecified atom stereocenters. The lowest BCUT2D eigenvalue weighted by atomic mass is 9.99. The lowest BCUT2D eigenvalue weighted by Crippen LogP contribution is -1.99. The van der Waals surface area contributed by atoms with Crippen molar-refractivity contribution in [2.75, 3.05) is 12.4 Å². The summed E-state index contributed by atoms with van der Waals surface area (Å²) in [7, 11) is 1.72. The zero-order chi connectivity index (χ0) is 21.3. The van der Waals surface area contributed by atoms with Crippen molar-refractivity contribution in [3.05, 3.63) is 71.1 Å². The molecule has 1 N–H and O–H groups in total. The number of benzene rings is 2. The highest BCUT2D eigenvalue weighted by Crippen LogP contribution is 2.34. The van der Waals surface area contributed by atoms with Gasteiger partial charge >= 0.3 is 0 Å². The first-order valence-electron chi connectivity index (χ1n) is 9.97. The van der Waals surface area contributed by atoms with Gasteiger partial charge in [0.1, 0.15) is 5.75 Å². The SMILES string of the molecule is COc1cc(C)c(Nc2nc(-c3ccc(-n4cnc(C)c4)cc3)cs2)cc1C(C)C. The molecular formula is C24H26N4OS. The number of hydrogen-bond donors (Lipinski definition) is 1. The van der Waals surface area contributed by atoms with Crippen molar-refractivity contribution in [1.29, 1.82) is 0 Å². The van der Waals surface area contributed by atoms with E-state index in [1.54, 1.807) is 18.4 Å². The Labute approximate surface area is 181 Å². The van der Waals surface area contributed by atoms with Crippen LogP contribution >= 0.6 is 11.3 Å². The molecule has 4 aromatic rings. The van der Waals surface area contributed by atoms with E-state index in [0.29, 0.717) is 5.92 Å². The summed E-state index contributed by atoms with van der Waals surface area (Å²) >= 11 is 1.61. The Morgan fingerprint density at radius 2 is 1.87 bits per heavy atom. The van der Waals surface area contributed by atoms with E-state index in [2.05, 4.69) is 72.9 Å². The average molecular weight is 419 g/mol. The molecular weight excluding hydrogens is 392 g/mol. The van der Waals surface area contributed by atoms with Gasteiger partial charge in [0.15, 0.2) is 5.13 Å².